The van der Waals surface area contributed by atoms with Crippen LogP contribution in [0.3, 0.4) is 0 Å². The number of hydrogen-bond donors (Lipinski definition) is 4. The van der Waals surface area contributed by atoms with Crippen molar-refractivity contribution >= 4 is 5.97 Å². The van der Waals surface area contributed by atoms with Crippen molar-refractivity contribution in [1.29, 1.82) is 0 Å². The molecule has 6 nitrogen and oxygen atoms in total. The first-order valence-corrected chi connectivity index (χ1v) is 4.84. The maximum atomic E-state index is 10.3. The number of allylic oxidation sites excluding steroid dienone is 2. The summed E-state index contributed by atoms with van der Waals surface area (Å²) in [4.78, 5) is 10.3. The largest absolute Gasteiger partial charge is 0.512 e. The predicted molar refractivity (Wildman–Crippen MR) is 55.8 cm³/mol. The fourth-order valence-corrected chi connectivity index (χ4v) is 1.46. The summed E-state index contributed by atoms with van der Waals surface area (Å²) in [5, 5.41) is 30.6. The average Bonchev–Trinajstić information content (AvgIpc) is 2.23. The van der Waals surface area contributed by atoms with E-state index >= 15 is 0 Å². The number of ether oxygens (including phenoxy) is 1. The Labute approximate surface area is 92.8 Å². The van der Waals surface area contributed by atoms with Crippen molar-refractivity contribution in [1.82, 2.24) is 5.32 Å². The van der Waals surface area contributed by atoms with Gasteiger partial charge in [0.25, 0.3) is 0 Å². The van der Waals surface area contributed by atoms with Crippen molar-refractivity contribution in [2.75, 3.05) is 20.2 Å². The monoisotopic (exact) mass is 229 g/mol. The van der Waals surface area contributed by atoms with E-state index in [1.54, 1.807) is 7.05 Å². The van der Waals surface area contributed by atoms with E-state index in [0.717, 1.165) is 0 Å². The highest BCUT2D eigenvalue weighted by Crippen LogP contribution is 2.24. The number of rotatable bonds is 5. The number of carboxylic acids is 1. The zero-order valence-corrected chi connectivity index (χ0v) is 8.88. The number of aliphatic carboxylic acids is 1. The van der Waals surface area contributed by atoms with Crippen LogP contribution in [0.1, 0.15) is 0 Å². The smallest absolute Gasteiger partial charge is 0.341 e. The van der Waals surface area contributed by atoms with Crippen LogP contribution < -0.4 is 5.32 Å². The van der Waals surface area contributed by atoms with Gasteiger partial charge in [-0.2, -0.15) is 0 Å². The molecule has 0 saturated heterocycles. The van der Waals surface area contributed by atoms with Gasteiger partial charge in [-0.3, -0.25) is 0 Å². The van der Waals surface area contributed by atoms with Gasteiger partial charge in [-0.05, 0) is 19.2 Å². The Kier molecular flexibility index (Phi) is 4.33. The molecule has 90 valence electrons. The molecule has 0 aromatic carbocycles. The van der Waals surface area contributed by atoms with Crippen LogP contribution in [0.5, 0.6) is 0 Å². The van der Waals surface area contributed by atoms with Crippen LogP contribution in [-0.4, -0.2) is 47.6 Å². The third-order valence-corrected chi connectivity index (χ3v) is 2.26. The molecule has 16 heavy (non-hydrogen) atoms. The van der Waals surface area contributed by atoms with Gasteiger partial charge in [0.2, 0.25) is 0 Å². The molecule has 1 rings (SSSR count). The quantitative estimate of drug-likeness (QED) is 0.513. The van der Waals surface area contributed by atoms with Crippen LogP contribution in [0.25, 0.3) is 0 Å². The van der Waals surface area contributed by atoms with Crippen LogP contribution in [-0.2, 0) is 9.53 Å². The summed E-state index contributed by atoms with van der Waals surface area (Å²) in [5.74, 6) is -1.43. The summed E-state index contributed by atoms with van der Waals surface area (Å²) in [6, 6.07) is 0. The van der Waals surface area contributed by atoms with Crippen molar-refractivity contribution in [3.63, 3.8) is 0 Å². The van der Waals surface area contributed by atoms with E-state index in [1.165, 1.54) is 12.2 Å². The molecule has 1 aliphatic carbocycles. The van der Waals surface area contributed by atoms with E-state index in [4.69, 9.17) is 9.84 Å². The summed E-state index contributed by atoms with van der Waals surface area (Å²) in [5.41, 5.74) is 0. The average molecular weight is 229 g/mol. The zero-order chi connectivity index (χ0) is 12.1. The first kappa shape index (κ1) is 12.5. The Morgan fingerprint density at radius 1 is 1.56 bits per heavy atom. The Balaban J connectivity index is 2.68. The van der Waals surface area contributed by atoms with E-state index in [2.05, 4.69) is 5.32 Å². The minimum atomic E-state index is -1.11. The maximum absolute atomic E-state index is 10.3. The van der Waals surface area contributed by atoms with Crippen LogP contribution >= 0.6 is 0 Å². The summed E-state index contributed by atoms with van der Waals surface area (Å²) >= 11 is 0. The molecule has 0 amide bonds. The molecule has 0 fully saturated rings. The number of hydrogen-bond acceptors (Lipinski definition) is 5. The van der Waals surface area contributed by atoms with Crippen LogP contribution in [0.2, 0.25) is 0 Å². The molecular formula is C10H15NO5. The predicted octanol–water partition coefficient (Wildman–Crippen LogP) is -0.376. The first-order valence-electron chi connectivity index (χ1n) is 4.84. The molecule has 0 saturated carbocycles. The van der Waals surface area contributed by atoms with Crippen molar-refractivity contribution in [3.8, 4) is 0 Å². The van der Waals surface area contributed by atoms with Gasteiger partial charge >= 0.3 is 5.97 Å². The Hall–Kier alpha value is -1.53. The van der Waals surface area contributed by atoms with Crippen molar-refractivity contribution in [2.45, 2.75) is 6.10 Å². The topological polar surface area (TPSA) is 99.0 Å². The second-order valence-electron chi connectivity index (χ2n) is 3.45. The molecular weight excluding hydrogens is 214 g/mol. The number of aliphatic hydroxyl groups excluding tert-OH is 2. The zero-order valence-electron chi connectivity index (χ0n) is 8.88. The lowest BCUT2D eigenvalue weighted by molar-refractivity contribution is -0.141. The molecule has 1 aliphatic rings. The number of aliphatic hydroxyl groups is 2. The molecule has 0 bridgehead atoms. The van der Waals surface area contributed by atoms with Gasteiger partial charge in [0.15, 0.2) is 6.61 Å². The second-order valence-corrected chi connectivity index (χ2v) is 3.45. The van der Waals surface area contributed by atoms with Crippen LogP contribution in [0.15, 0.2) is 23.7 Å². The molecule has 0 aromatic heterocycles. The molecule has 0 heterocycles. The normalized spacial score (nSPS) is 24.6. The number of nitrogens with one attached hydrogen (secondary N) is 1. The van der Waals surface area contributed by atoms with Gasteiger partial charge in [0.05, 0.1) is 11.7 Å². The van der Waals surface area contributed by atoms with E-state index in [1.807, 2.05) is 0 Å². The molecule has 6 heteroatoms. The fourth-order valence-electron chi connectivity index (χ4n) is 1.46. The third kappa shape index (κ3) is 2.98. The minimum Gasteiger partial charge on any atom is -0.512 e. The van der Waals surface area contributed by atoms with Crippen molar-refractivity contribution < 1.29 is 24.9 Å². The van der Waals surface area contributed by atoms with Gasteiger partial charge < -0.3 is 25.4 Å². The maximum Gasteiger partial charge on any atom is 0.341 e. The lowest BCUT2D eigenvalue weighted by atomic mass is 9.94. The van der Waals surface area contributed by atoms with Crippen molar-refractivity contribution in [2.24, 2.45) is 5.92 Å². The summed E-state index contributed by atoms with van der Waals surface area (Å²) in [6.45, 7) is -0.138. The summed E-state index contributed by atoms with van der Waals surface area (Å²) in [6.07, 6.45) is 1.73. The van der Waals surface area contributed by atoms with Crippen molar-refractivity contribution in [3.05, 3.63) is 23.7 Å². The van der Waals surface area contributed by atoms with Gasteiger partial charge in [0.1, 0.15) is 11.9 Å². The van der Waals surface area contributed by atoms with E-state index in [0.29, 0.717) is 6.54 Å². The Morgan fingerprint density at radius 2 is 2.25 bits per heavy atom. The first-order chi connectivity index (χ1) is 7.56. The Morgan fingerprint density at radius 3 is 2.81 bits per heavy atom. The van der Waals surface area contributed by atoms with Gasteiger partial charge in [0, 0.05) is 6.54 Å². The highest BCUT2D eigenvalue weighted by atomic mass is 16.5. The SMILES string of the molecule is CNCC1C(O)=CC=C(OCC(=O)O)[C@@H]1O. The molecule has 2 atom stereocenters. The van der Waals surface area contributed by atoms with Crippen LogP contribution in [0.4, 0.5) is 0 Å². The lowest BCUT2D eigenvalue weighted by Crippen LogP contribution is -2.35. The molecule has 4 N–H and O–H groups in total. The number of carbonyl (C=O) groups is 1. The molecule has 0 spiro atoms. The van der Waals surface area contributed by atoms with Gasteiger partial charge in [-0.15, -0.1) is 0 Å². The second kappa shape index (κ2) is 5.53. The lowest BCUT2D eigenvalue weighted by Gasteiger charge is -2.26. The third-order valence-electron chi connectivity index (χ3n) is 2.26. The van der Waals surface area contributed by atoms with Gasteiger partial charge in [-0.1, -0.05) is 0 Å². The highest BCUT2D eigenvalue weighted by molar-refractivity contribution is 5.68. The van der Waals surface area contributed by atoms with Gasteiger partial charge in [-0.25, -0.2) is 4.79 Å². The highest BCUT2D eigenvalue weighted by Gasteiger charge is 2.29. The van der Waals surface area contributed by atoms with E-state index in [9.17, 15) is 15.0 Å². The fraction of sp³-hybridized carbons (Fsp3) is 0.500. The minimum absolute atomic E-state index is 0.0459. The van der Waals surface area contributed by atoms with Crippen LogP contribution in [0, 0.1) is 5.92 Å². The standard InChI is InChI=1S/C10H15NO5/c1-11-4-6-7(12)2-3-8(10(6)15)16-5-9(13)14/h2-3,6,10-12,15H,4-5H2,1H3,(H,13,14)/t6?,10-/m1/s1. The molecule has 1 unspecified atom stereocenters. The summed E-state index contributed by atoms with van der Waals surface area (Å²) in [7, 11) is 1.69. The summed E-state index contributed by atoms with van der Waals surface area (Å²) < 4.78 is 4.91. The molecule has 0 aromatic rings. The van der Waals surface area contributed by atoms with E-state index < -0.39 is 24.6 Å². The number of carboxylic acid groups (broad SMARTS) is 1. The Bertz CT molecular complexity index is 323. The molecule has 0 radical (unpaired) electrons. The molecule has 0 aliphatic heterocycles. The van der Waals surface area contributed by atoms with E-state index in [-0.39, 0.29) is 11.5 Å².